The number of aryl methyl sites for hydroxylation is 2. The molecule has 0 aliphatic heterocycles. The first-order valence-electron chi connectivity index (χ1n) is 6.60. The molecule has 0 fully saturated rings. The predicted molar refractivity (Wildman–Crippen MR) is 77.3 cm³/mol. The van der Waals surface area contributed by atoms with Gasteiger partial charge in [0.1, 0.15) is 11.5 Å². The molecule has 18 heavy (non-hydrogen) atoms. The van der Waals surface area contributed by atoms with Crippen molar-refractivity contribution in [3.05, 3.63) is 45.5 Å². The van der Waals surface area contributed by atoms with E-state index in [1.807, 2.05) is 18.4 Å². The number of rotatable bonds is 6. The van der Waals surface area contributed by atoms with Crippen molar-refractivity contribution >= 4 is 11.3 Å². The highest BCUT2D eigenvalue weighted by Crippen LogP contribution is 2.25. The van der Waals surface area contributed by atoms with Crippen LogP contribution in [0, 0.1) is 0 Å². The lowest BCUT2D eigenvalue weighted by Gasteiger charge is -2.12. The zero-order valence-electron chi connectivity index (χ0n) is 11.3. The molecular weight excluding hydrogens is 242 g/mol. The van der Waals surface area contributed by atoms with Crippen LogP contribution in [-0.2, 0) is 19.3 Å². The first-order chi connectivity index (χ1) is 8.76. The Hall–Kier alpha value is -1.06. The van der Waals surface area contributed by atoms with Gasteiger partial charge in [-0.2, -0.15) is 0 Å². The molecule has 0 radical (unpaired) electrons. The lowest BCUT2D eigenvalue weighted by atomic mass is 10.1. The zero-order valence-corrected chi connectivity index (χ0v) is 12.1. The Morgan fingerprint density at radius 1 is 1.11 bits per heavy atom. The van der Waals surface area contributed by atoms with Crippen LogP contribution in [0.1, 0.15) is 41.2 Å². The molecule has 0 bridgehead atoms. The van der Waals surface area contributed by atoms with Crippen LogP contribution in [0.2, 0.25) is 0 Å². The Kier molecular flexibility index (Phi) is 4.61. The summed E-state index contributed by atoms with van der Waals surface area (Å²) < 4.78 is 5.83. The van der Waals surface area contributed by atoms with Gasteiger partial charge in [-0.1, -0.05) is 13.8 Å². The van der Waals surface area contributed by atoms with E-state index >= 15 is 0 Å². The first-order valence-corrected chi connectivity index (χ1v) is 7.41. The molecule has 0 aromatic carbocycles. The van der Waals surface area contributed by atoms with Crippen molar-refractivity contribution in [3.8, 4) is 0 Å². The Labute approximate surface area is 113 Å². The van der Waals surface area contributed by atoms with Crippen LogP contribution in [0.15, 0.2) is 28.7 Å². The van der Waals surface area contributed by atoms with Gasteiger partial charge >= 0.3 is 0 Å². The second-order valence-corrected chi connectivity index (χ2v) is 5.68. The molecule has 1 atom stereocenters. The zero-order chi connectivity index (χ0) is 13.0. The van der Waals surface area contributed by atoms with Crippen molar-refractivity contribution in [1.29, 1.82) is 0 Å². The van der Waals surface area contributed by atoms with Crippen LogP contribution in [0.5, 0.6) is 0 Å². The molecule has 2 rings (SSSR count). The van der Waals surface area contributed by atoms with Gasteiger partial charge < -0.3 is 9.73 Å². The highest BCUT2D eigenvalue weighted by molar-refractivity contribution is 7.11. The maximum Gasteiger partial charge on any atom is 0.121 e. The van der Waals surface area contributed by atoms with Gasteiger partial charge in [-0.25, -0.2) is 0 Å². The number of hydrogen-bond donors (Lipinski definition) is 1. The Morgan fingerprint density at radius 3 is 2.44 bits per heavy atom. The van der Waals surface area contributed by atoms with Crippen LogP contribution < -0.4 is 5.32 Å². The molecule has 2 aromatic rings. The monoisotopic (exact) mass is 263 g/mol. The summed E-state index contributed by atoms with van der Waals surface area (Å²) in [5.41, 5.74) is 0. The van der Waals surface area contributed by atoms with E-state index in [2.05, 4.69) is 43.4 Å². The molecule has 0 saturated carbocycles. The fourth-order valence-electron chi connectivity index (χ4n) is 2.04. The lowest BCUT2D eigenvalue weighted by Crippen LogP contribution is -2.17. The Balaban J connectivity index is 2.08. The number of nitrogens with one attached hydrogen (secondary N) is 1. The number of hydrogen-bond acceptors (Lipinski definition) is 3. The first kappa shape index (κ1) is 13.4. The molecule has 3 heteroatoms. The van der Waals surface area contributed by atoms with Crippen molar-refractivity contribution in [2.75, 3.05) is 7.05 Å². The molecule has 1 unspecified atom stereocenters. The average molecular weight is 263 g/mol. The summed E-state index contributed by atoms with van der Waals surface area (Å²) in [6.45, 7) is 4.31. The van der Waals surface area contributed by atoms with Crippen molar-refractivity contribution in [1.82, 2.24) is 5.32 Å². The largest absolute Gasteiger partial charge is 0.464 e. The summed E-state index contributed by atoms with van der Waals surface area (Å²) >= 11 is 1.90. The van der Waals surface area contributed by atoms with Crippen LogP contribution in [0.3, 0.4) is 0 Å². The third-order valence-corrected chi connectivity index (χ3v) is 4.45. The quantitative estimate of drug-likeness (QED) is 0.853. The van der Waals surface area contributed by atoms with Gasteiger partial charge in [0.15, 0.2) is 0 Å². The second-order valence-electron chi connectivity index (χ2n) is 4.42. The van der Waals surface area contributed by atoms with Crippen LogP contribution in [0.25, 0.3) is 0 Å². The molecule has 98 valence electrons. The van der Waals surface area contributed by atoms with E-state index in [0.717, 1.165) is 30.8 Å². The van der Waals surface area contributed by atoms with Gasteiger partial charge in [0.05, 0.1) is 6.04 Å². The van der Waals surface area contributed by atoms with Crippen molar-refractivity contribution in [3.63, 3.8) is 0 Å². The predicted octanol–water partition coefficient (Wildman–Crippen LogP) is 3.97. The molecule has 0 amide bonds. The molecule has 2 heterocycles. The molecule has 2 aromatic heterocycles. The van der Waals surface area contributed by atoms with Gasteiger partial charge in [0, 0.05) is 22.6 Å². The van der Waals surface area contributed by atoms with Gasteiger partial charge in [0.2, 0.25) is 0 Å². The van der Waals surface area contributed by atoms with Crippen LogP contribution >= 0.6 is 11.3 Å². The van der Waals surface area contributed by atoms with E-state index in [9.17, 15) is 0 Å². The second kappa shape index (κ2) is 6.21. The van der Waals surface area contributed by atoms with Crippen molar-refractivity contribution in [2.24, 2.45) is 0 Å². The third kappa shape index (κ3) is 3.03. The van der Waals surface area contributed by atoms with E-state index in [1.165, 1.54) is 9.75 Å². The Bertz CT molecular complexity index is 486. The van der Waals surface area contributed by atoms with Gasteiger partial charge in [-0.15, -0.1) is 11.3 Å². The number of likely N-dealkylation sites (N-methyl/N-ethyl adjacent to an activating group) is 1. The normalized spacial score (nSPS) is 12.8. The maximum absolute atomic E-state index is 5.83. The molecule has 0 aliphatic rings. The van der Waals surface area contributed by atoms with E-state index in [-0.39, 0.29) is 6.04 Å². The maximum atomic E-state index is 5.83. The topological polar surface area (TPSA) is 25.2 Å². The van der Waals surface area contributed by atoms with E-state index in [4.69, 9.17) is 4.42 Å². The lowest BCUT2D eigenvalue weighted by molar-refractivity contribution is 0.408. The SMILES string of the molecule is CCc1ccc(C(Cc2ccc(CC)s2)NC)o1. The number of thiophene rings is 1. The fourth-order valence-corrected chi connectivity index (χ4v) is 3.04. The summed E-state index contributed by atoms with van der Waals surface area (Å²) in [5.74, 6) is 2.10. The molecule has 2 nitrogen and oxygen atoms in total. The van der Waals surface area contributed by atoms with Crippen molar-refractivity contribution in [2.45, 2.75) is 39.2 Å². The average Bonchev–Trinajstić information content (AvgIpc) is 3.04. The minimum absolute atomic E-state index is 0.272. The summed E-state index contributed by atoms with van der Waals surface area (Å²) in [6.07, 6.45) is 3.07. The number of furan rings is 1. The van der Waals surface area contributed by atoms with Gasteiger partial charge in [0.25, 0.3) is 0 Å². The summed E-state index contributed by atoms with van der Waals surface area (Å²) in [6, 6.07) is 8.90. The standard InChI is InChI=1S/C15H21NOS/c1-4-11-6-9-15(17-11)14(16-3)10-13-8-7-12(5-2)18-13/h6-9,14,16H,4-5,10H2,1-3H3. The molecule has 1 N–H and O–H groups in total. The van der Waals surface area contributed by atoms with E-state index in [1.54, 1.807) is 0 Å². The smallest absolute Gasteiger partial charge is 0.121 e. The minimum atomic E-state index is 0.272. The van der Waals surface area contributed by atoms with Gasteiger partial charge in [-0.05, 0) is 37.7 Å². The van der Waals surface area contributed by atoms with Crippen LogP contribution in [-0.4, -0.2) is 7.05 Å². The van der Waals surface area contributed by atoms with Gasteiger partial charge in [-0.3, -0.25) is 0 Å². The molecular formula is C15H21NOS. The van der Waals surface area contributed by atoms with Crippen LogP contribution in [0.4, 0.5) is 0 Å². The summed E-state index contributed by atoms with van der Waals surface area (Å²) in [5, 5.41) is 3.34. The summed E-state index contributed by atoms with van der Waals surface area (Å²) in [7, 11) is 1.99. The fraction of sp³-hybridized carbons (Fsp3) is 0.467. The molecule has 0 aliphatic carbocycles. The van der Waals surface area contributed by atoms with E-state index in [0.29, 0.717) is 0 Å². The highest BCUT2D eigenvalue weighted by Gasteiger charge is 2.15. The van der Waals surface area contributed by atoms with Crippen molar-refractivity contribution < 1.29 is 4.42 Å². The minimum Gasteiger partial charge on any atom is -0.464 e. The molecule has 0 saturated heterocycles. The molecule has 0 spiro atoms. The Morgan fingerprint density at radius 2 is 1.89 bits per heavy atom. The van der Waals surface area contributed by atoms with E-state index < -0.39 is 0 Å². The highest BCUT2D eigenvalue weighted by atomic mass is 32.1. The summed E-state index contributed by atoms with van der Waals surface area (Å²) in [4.78, 5) is 2.87. The third-order valence-electron chi connectivity index (χ3n) is 3.19.